The van der Waals surface area contributed by atoms with Crippen LogP contribution in [0.3, 0.4) is 0 Å². The minimum atomic E-state index is -0.721. The van der Waals surface area contributed by atoms with E-state index in [4.69, 9.17) is 23.7 Å². The summed E-state index contributed by atoms with van der Waals surface area (Å²) in [6, 6.07) is 19.5. The number of rotatable bonds is 13. The highest BCUT2D eigenvalue weighted by Crippen LogP contribution is 2.47. The van der Waals surface area contributed by atoms with E-state index in [0.717, 1.165) is 36.4 Å². The number of hydrogen-bond donors (Lipinski definition) is 2. The van der Waals surface area contributed by atoms with Crippen molar-refractivity contribution in [3.05, 3.63) is 78.8 Å². The van der Waals surface area contributed by atoms with Gasteiger partial charge in [0.2, 0.25) is 5.88 Å². The van der Waals surface area contributed by atoms with Gasteiger partial charge in [-0.2, -0.15) is 0 Å². The van der Waals surface area contributed by atoms with Crippen LogP contribution in [0.4, 0.5) is 9.59 Å². The lowest BCUT2D eigenvalue weighted by atomic mass is 10.1. The van der Waals surface area contributed by atoms with Gasteiger partial charge in [0, 0.05) is 38.8 Å². The quantitative estimate of drug-likeness (QED) is 0.148. The van der Waals surface area contributed by atoms with Crippen molar-refractivity contribution in [1.29, 1.82) is 0 Å². The summed E-state index contributed by atoms with van der Waals surface area (Å²) in [5, 5.41) is 6.72. The third-order valence-electron chi connectivity index (χ3n) is 9.19. The van der Waals surface area contributed by atoms with Crippen LogP contribution in [0, 0.1) is 5.92 Å². The number of hydrogen-bond acceptors (Lipinski definition) is 10. The Morgan fingerprint density at radius 3 is 2.44 bits per heavy atom. The zero-order valence-electron chi connectivity index (χ0n) is 30.8. The first kappa shape index (κ1) is 37.1. The molecule has 2 amide bonds. The van der Waals surface area contributed by atoms with Crippen molar-refractivity contribution in [1.82, 2.24) is 30.1 Å². The van der Waals surface area contributed by atoms with Crippen molar-refractivity contribution in [3.8, 4) is 17.4 Å². The molecule has 13 nitrogen and oxygen atoms in total. The van der Waals surface area contributed by atoms with Gasteiger partial charge in [-0.05, 0) is 96.3 Å². The zero-order valence-corrected chi connectivity index (χ0v) is 30.8. The Morgan fingerprint density at radius 1 is 0.981 bits per heavy atom. The molecule has 0 spiro atoms. The van der Waals surface area contributed by atoms with Crippen molar-refractivity contribution < 1.29 is 33.3 Å². The molecule has 3 heterocycles. The van der Waals surface area contributed by atoms with E-state index in [1.54, 1.807) is 4.90 Å². The van der Waals surface area contributed by atoms with E-state index >= 15 is 0 Å². The first-order valence-corrected chi connectivity index (χ1v) is 18.0. The fourth-order valence-corrected chi connectivity index (χ4v) is 6.88. The van der Waals surface area contributed by atoms with Gasteiger partial charge in [0.1, 0.15) is 35.2 Å². The molecule has 4 atom stereocenters. The summed E-state index contributed by atoms with van der Waals surface area (Å²) >= 11 is 0. The van der Waals surface area contributed by atoms with Gasteiger partial charge >= 0.3 is 12.2 Å². The van der Waals surface area contributed by atoms with E-state index < -0.39 is 17.5 Å². The number of carbonyl (C=O) groups excluding carboxylic acids is 2. The summed E-state index contributed by atoms with van der Waals surface area (Å²) in [6.07, 6.45) is 4.38. The van der Waals surface area contributed by atoms with Crippen molar-refractivity contribution in [2.75, 3.05) is 33.2 Å². The topological polar surface area (TPSA) is 138 Å². The van der Waals surface area contributed by atoms with Crippen LogP contribution in [0.5, 0.6) is 17.4 Å². The Bertz CT molecular complexity index is 1810. The van der Waals surface area contributed by atoms with Crippen LogP contribution in [-0.4, -0.2) is 88.4 Å². The Morgan fingerprint density at radius 2 is 1.71 bits per heavy atom. The summed E-state index contributed by atoms with van der Waals surface area (Å²) in [6.45, 7) is 12.1. The molecule has 1 saturated carbocycles. The fraction of sp³-hybridized carbons (Fsp3) is 0.487. The van der Waals surface area contributed by atoms with Gasteiger partial charge in [-0.15, -0.1) is 0 Å². The second-order valence-corrected chi connectivity index (χ2v) is 14.7. The largest absolute Gasteiger partial charge is 0.457 e. The predicted molar refractivity (Wildman–Crippen MR) is 196 cm³/mol. The summed E-state index contributed by atoms with van der Waals surface area (Å²) in [4.78, 5) is 35.6. The van der Waals surface area contributed by atoms with Crippen LogP contribution in [-0.2, 0) is 20.6 Å². The van der Waals surface area contributed by atoms with Crippen LogP contribution < -0.4 is 20.1 Å². The molecular formula is C39H50N6O7. The number of fused-ring (bicyclic) bond motifs is 2. The molecule has 4 aromatic rings. The Balaban J connectivity index is 1.04. The molecule has 1 saturated heterocycles. The van der Waals surface area contributed by atoms with Crippen molar-refractivity contribution in [2.24, 2.45) is 5.92 Å². The Hall–Kier alpha value is -4.72. The summed E-state index contributed by atoms with van der Waals surface area (Å²) in [5.41, 5.74) is 1.18. The first-order chi connectivity index (χ1) is 24.9. The Kier molecular flexibility index (Phi) is 11.3. The summed E-state index contributed by atoms with van der Waals surface area (Å²) < 4.78 is 32.0. The van der Waals surface area contributed by atoms with E-state index in [1.165, 1.54) is 13.4 Å². The lowest BCUT2D eigenvalue weighted by Gasteiger charge is -2.28. The molecule has 2 fully saturated rings. The molecule has 6 rings (SSSR count). The molecule has 0 unspecified atom stereocenters. The molecule has 1 aliphatic carbocycles. The highest BCUT2D eigenvalue weighted by molar-refractivity contribution is 5.84. The van der Waals surface area contributed by atoms with E-state index in [0.29, 0.717) is 37.1 Å². The minimum Gasteiger partial charge on any atom is -0.457 e. The third-order valence-corrected chi connectivity index (χ3v) is 9.19. The number of nitrogens with one attached hydrogen (secondary N) is 2. The average Bonchev–Trinajstić information content (AvgIpc) is 3.77. The number of para-hydroxylation sites is 1. The molecule has 0 bridgehead atoms. The van der Waals surface area contributed by atoms with Gasteiger partial charge in [-0.25, -0.2) is 19.6 Å². The molecule has 13 heteroatoms. The molecular weight excluding hydrogens is 664 g/mol. The first-order valence-electron chi connectivity index (χ1n) is 18.0. The summed E-state index contributed by atoms with van der Waals surface area (Å²) in [5.74, 6) is 1.20. The third kappa shape index (κ3) is 9.19. The number of benzene rings is 2. The average molecular weight is 715 g/mol. The molecule has 52 heavy (non-hydrogen) atoms. The SMILES string of the molecule is CNC(=O)Oc1ncnc2c1ccn2[C@@H]1C[C@H](CNCCCN(CCc2ccc(Oc3ccccc3)cc2)C(=O)OC(C)(C)C)[C@H]2OC(C)(C)O[C@H]21. The van der Waals surface area contributed by atoms with E-state index in [9.17, 15) is 9.59 Å². The predicted octanol–water partition coefficient (Wildman–Crippen LogP) is 6.48. The van der Waals surface area contributed by atoms with Gasteiger partial charge in [0.25, 0.3) is 0 Å². The van der Waals surface area contributed by atoms with Crippen molar-refractivity contribution in [2.45, 2.75) is 83.5 Å². The highest BCUT2D eigenvalue weighted by atomic mass is 16.8. The van der Waals surface area contributed by atoms with E-state index in [1.807, 2.05) is 101 Å². The number of amides is 2. The van der Waals surface area contributed by atoms with Crippen LogP contribution in [0.25, 0.3) is 11.0 Å². The second kappa shape index (κ2) is 15.9. The van der Waals surface area contributed by atoms with E-state index in [2.05, 4.69) is 25.2 Å². The normalized spacial score (nSPS) is 20.7. The van der Waals surface area contributed by atoms with Crippen molar-refractivity contribution in [3.63, 3.8) is 0 Å². The Labute approximate surface area is 304 Å². The maximum Gasteiger partial charge on any atom is 0.413 e. The second-order valence-electron chi connectivity index (χ2n) is 14.7. The highest BCUT2D eigenvalue weighted by Gasteiger charge is 2.54. The number of aromatic nitrogens is 3. The maximum absolute atomic E-state index is 13.2. The number of carbonyl (C=O) groups is 2. The van der Waals surface area contributed by atoms with Crippen molar-refractivity contribution >= 4 is 23.2 Å². The molecule has 278 valence electrons. The van der Waals surface area contributed by atoms with Crippen LogP contribution >= 0.6 is 0 Å². The van der Waals surface area contributed by atoms with Gasteiger partial charge in [-0.1, -0.05) is 30.3 Å². The summed E-state index contributed by atoms with van der Waals surface area (Å²) in [7, 11) is 1.50. The van der Waals surface area contributed by atoms with Crippen LogP contribution in [0.2, 0.25) is 0 Å². The smallest absolute Gasteiger partial charge is 0.413 e. The molecule has 2 aliphatic rings. The standard InChI is InChI=1S/C39H50N6O7/c1-38(2,3)52-37(47)44(21-17-26-13-15-29(16-14-26)48-28-11-8-7-9-12-28)20-10-19-41-24-27-23-31(33-32(27)50-39(4,5)51-33)45-22-18-30-34(45)42-25-43-35(30)49-36(46)40-6/h7-9,11-16,18,22,25,27,31-33,41H,10,17,19-21,23-24H2,1-6H3,(H,40,46)/t27-,31-,32-,33+/m1/s1. The molecule has 2 aromatic heterocycles. The van der Waals surface area contributed by atoms with Gasteiger partial charge < -0.3 is 43.8 Å². The number of nitrogens with zero attached hydrogens (tertiary/aromatic N) is 4. The monoisotopic (exact) mass is 714 g/mol. The fourth-order valence-electron chi connectivity index (χ4n) is 6.88. The van der Waals surface area contributed by atoms with Crippen LogP contribution in [0.1, 0.15) is 59.1 Å². The molecule has 2 N–H and O–H groups in total. The maximum atomic E-state index is 13.2. The number of ether oxygens (including phenoxy) is 5. The molecule has 1 aliphatic heterocycles. The van der Waals surface area contributed by atoms with Crippen LogP contribution in [0.15, 0.2) is 73.2 Å². The minimum absolute atomic E-state index is 0.0412. The molecule has 0 radical (unpaired) electrons. The zero-order chi connectivity index (χ0) is 36.9. The van der Waals surface area contributed by atoms with Gasteiger partial charge in [-0.3, -0.25) is 0 Å². The van der Waals surface area contributed by atoms with Gasteiger partial charge in [0.15, 0.2) is 5.79 Å². The molecule has 2 aromatic carbocycles. The van der Waals surface area contributed by atoms with Gasteiger partial charge in [0.05, 0.1) is 17.5 Å². The lowest BCUT2D eigenvalue weighted by Crippen LogP contribution is -2.39. The van der Waals surface area contributed by atoms with E-state index in [-0.39, 0.29) is 36.1 Å². The lowest BCUT2D eigenvalue weighted by molar-refractivity contribution is -0.160.